The van der Waals surface area contributed by atoms with Gasteiger partial charge in [-0.1, -0.05) is 272 Å². The molecule has 0 saturated heterocycles. The van der Waals surface area contributed by atoms with Crippen LogP contribution in [0.25, 0.3) is 132 Å². The lowest BCUT2D eigenvalue weighted by Crippen LogP contribution is -2.26. The number of pyridine rings is 2. The normalized spacial score (nSPS) is 14.3. The van der Waals surface area contributed by atoms with Crippen LogP contribution in [0.2, 0.25) is 0 Å². The number of aromatic nitrogens is 2. The van der Waals surface area contributed by atoms with Gasteiger partial charge < -0.3 is 8.97 Å². The highest BCUT2D eigenvalue weighted by atomic mass is 16.1. The quantitative estimate of drug-likeness (QED) is 0.131. The maximum Gasteiger partial charge on any atom is 0.197 e. The average Bonchev–Trinajstić information content (AvgIpc) is 1.48. The van der Waals surface area contributed by atoms with Crippen LogP contribution in [-0.4, -0.2) is 8.97 Å². The fourth-order valence-electron chi connectivity index (χ4n) is 18.3. The molecule has 4 aliphatic carbocycles. The molecule has 13 aromatic carbocycles. The van der Waals surface area contributed by atoms with Crippen LogP contribution < -0.4 is 10.9 Å². The third-order valence-corrected chi connectivity index (χ3v) is 22.2. The van der Waals surface area contributed by atoms with Gasteiger partial charge in [-0.05, 0) is 158 Å². The minimum Gasteiger partial charge on any atom is -0.308 e. The molecule has 0 amide bonds. The molecule has 0 aliphatic heterocycles. The lowest BCUT2D eigenvalue weighted by molar-refractivity contribution is 0.591. The molecule has 0 fully saturated rings. The number of nitrogens with zero attached hydrogens (tertiary/aromatic N) is 2. The summed E-state index contributed by atoms with van der Waals surface area (Å²) in [5.74, 6) is 0. The van der Waals surface area contributed by atoms with E-state index in [0.717, 1.165) is 71.9 Å². The standard InChI is InChI=1S/C90H62N2O2/c1-87(2,3)51-43-45-78-68(47-51)85(93)70-49-53(50-71-84(70)92(78)79-46-44-52(88(4,5)6)48-69(79)86(71)94)91-82-64(62-31-19-29-60-58-27-11-17-41-76(58)89(80(60)62)72-37-13-7-23-54(72)55-24-8-14-38-73(55)89)33-21-35-66(82)67-36-22-34-65(83(67)91)63-32-20-30-61-59-28-12-18-42-77(59)90(81(61)63)74-39-15-9-25-56(74)57-26-10-16-40-75(57)90/h7-50H,1-6H3. The number of rotatable bonds is 3. The first-order valence-electron chi connectivity index (χ1n) is 33.1. The highest BCUT2D eigenvalue weighted by Crippen LogP contribution is 2.67. The molecule has 0 unspecified atom stereocenters. The summed E-state index contributed by atoms with van der Waals surface area (Å²) >= 11 is 0. The van der Waals surface area contributed by atoms with Crippen molar-refractivity contribution in [1.82, 2.24) is 8.97 Å². The van der Waals surface area contributed by atoms with Crippen molar-refractivity contribution in [3.05, 3.63) is 343 Å². The Morgan fingerprint density at radius 3 is 0.894 bits per heavy atom. The SMILES string of the molecule is CC(C)(C)c1ccc2c(c1)c(=O)c1cc(-n3c4c(-c5cccc6c5C5(c7ccccc7-c7ccccc75)c5ccccc5-6)cccc4c4cccc(-c5cccc6c5C5(c7ccccc7-c7ccccc75)c5ccccc5-6)c43)cc3c(=O)c4cc(C(C)(C)C)ccc4n2c13. The Labute approximate surface area is 544 Å². The van der Waals surface area contributed by atoms with Crippen LogP contribution in [0.1, 0.15) is 97.2 Å². The minimum atomic E-state index is -0.654. The van der Waals surface area contributed by atoms with Gasteiger partial charge >= 0.3 is 0 Å². The van der Waals surface area contributed by atoms with Crippen molar-refractivity contribution in [3.8, 4) is 72.4 Å². The van der Waals surface area contributed by atoms with E-state index in [2.05, 4.69) is 317 Å². The molecule has 0 bridgehead atoms. The van der Waals surface area contributed by atoms with Crippen molar-refractivity contribution in [2.45, 2.75) is 63.2 Å². The number of hydrogen-bond acceptors (Lipinski definition) is 2. The van der Waals surface area contributed by atoms with Gasteiger partial charge in [0.25, 0.3) is 0 Å². The first kappa shape index (κ1) is 53.5. The summed E-state index contributed by atoms with van der Waals surface area (Å²) < 4.78 is 4.68. The van der Waals surface area contributed by atoms with Gasteiger partial charge in [-0.2, -0.15) is 0 Å². The Bertz CT molecular complexity index is 5760. The molecular weight excluding hydrogens is 1140 g/mol. The molecule has 4 nitrogen and oxygen atoms in total. The molecule has 20 rings (SSSR count). The first-order chi connectivity index (χ1) is 45.8. The first-order valence-corrected chi connectivity index (χ1v) is 33.1. The molecule has 0 atom stereocenters. The van der Waals surface area contributed by atoms with Crippen LogP contribution in [0.15, 0.2) is 277 Å². The van der Waals surface area contributed by atoms with E-state index < -0.39 is 10.8 Å². The number of fused-ring (bicyclic) bond motifs is 27. The minimum absolute atomic E-state index is 0.0995. The van der Waals surface area contributed by atoms with Crippen molar-refractivity contribution in [2.75, 3.05) is 0 Å². The van der Waals surface area contributed by atoms with Crippen molar-refractivity contribution >= 4 is 59.9 Å². The van der Waals surface area contributed by atoms with Gasteiger partial charge in [-0.15, -0.1) is 0 Å². The second-order valence-electron chi connectivity index (χ2n) is 28.8. The zero-order valence-electron chi connectivity index (χ0n) is 53.1. The van der Waals surface area contributed by atoms with E-state index in [-0.39, 0.29) is 21.7 Å². The van der Waals surface area contributed by atoms with Gasteiger partial charge in [0.15, 0.2) is 10.9 Å². The molecule has 4 aliphatic rings. The van der Waals surface area contributed by atoms with Gasteiger partial charge in [0, 0.05) is 49.1 Å². The molecule has 4 heteroatoms. The van der Waals surface area contributed by atoms with Crippen molar-refractivity contribution < 1.29 is 0 Å². The van der Waals surface area contributed by atoms with E-state index in [0.29, 0.717) is 27.1 Å². The van der Waals surface area contributed by atoms with E-state index in [4.69, 9.17) is 0 Å². The summed E-state index contributed by atoms with van der Waals surface area (Å²) in [6.07, 6.45) is 0. The van der Waals surface area contributed by atoms with Gasteiger partial charge in [-0.3, -0.25) is 9.59 Å². The van der Waals surface area contributed by atoms with Gasteiger partial charge in [0.1, 0.15) is 0 Å². The zero-order valence-corrected chi connectivity index (χ0v) is 53.1. The second kappa shape index (κ2) is 18.3. The molecule has 444 valence electrons. The molecule has 3 heterocycles. The third-order valence-electron chi connectivity index (χ3n) is 22.2. The van der Waals surface area contributed by atoms with E-state index >= 15 is 9.59 Å². The highest BCUT2D eigenvalue weighted by molar-refractivity contribution is 6.20. The van der Waals surface area contributed by atoms with E-state index in [9.17, 15) is 0 Å². The molecule has 0 radical (unpaired) electrons. The monoisotopic (exact) mass is 1200 g/mol. The number of hydrogen-bond donors (Lipinski definition) is 0. The zero-order chi connectivity index (χ0) is 63.1. The fourth-order valence-corrected chi connectivity index (χ4v) is 18.3. The molecule has 0 N–H and O–H groups in total. The van der Waals surface area contributed by atoms with Crippen molar-refractivity contribution in [3.63, 3.8) is 0 Å². The highest BCUT2D eigenvalue weighted by Gasteiger charge is 2.54. The number of para-hydroxylation sites is 2. The predicted octanol–water partition coefficient (Wildman–Crippen LogP) is 21.3. The third kappa shape index (κ3) is 6.53. The van der Waals surface area contributed by atoms with Gasteiger partial charge in [0.2, 0.25) is 0 Å². The molecule has 94 heavy (non-hydrogen) atoms. The van der Waals surface area contributed by atoms with Crippen LogP contribution in [-0.2, 0) is 21.7 Å². The summed E-state index contributed by atoms with van der Waals surface area (Å²) in [5.41, 5.74) is 29.4. The van der Waals surface area contributed by atoms with Crippen LogP contribution in [0.5, 0.6) is 0 Å². The predicted molar refractivity (Wildman–Crippen MR) is 389 cm³/mol. The molecule has 0 saturated carbocycles. The molecule has 3 aromatic heterocycles. The number of benzene rings is 13. The van der Waals surface area contributed by atoms with E-state index in [1.165, 1.54) is 89.0 Å². The summed E-state index contributed by atoms with van der Waals surface area (Å²) in [6.45, 7) is 13.2. The molecule has 2 spiro atoms. The largest absolute Gasteiger partial charge is 0.308 e. The second-order valence-corrected chi connectivity index (χ2v) is 28.8. The Morgan fingerprint density at radius 1 is 0.266 bits per heavy atom. The summed E-state index contributed by atoms with van der Waals surface area (Å²) in [6, 6.07) is 98.8. The van der Waals surface area contributed by atoms with Gasteiger partial charge in [-0.25, -0.2) is 0 Å². The van der Waals surface area contributed by atoms with E-state index in [1.807, 2.05) is 0 Å². The lowest BCUT2D eigenvalue weighted by Gasteiger charge is -2.32. The Balaban J connectivity index is 0.977. The molecular formula is C90H62N2O2. The van der Waals surface area contributed by atoms with Gasteiger partial charge in [0.05, 0.1) is 38.4 Å². The average molecular weight is 1200 g/mol. The Hall–Kier alpha value is -11.2. The maximum atomic E-state index is 16.3. The summed E-state index contributed by atoms with van der Waals surface area (Å²) in [4.78, 5) is 32.5. The van der Waals surface area contributed by atoms with E-state index in [1.54, 1.807) is 0 Å². The Morgan fingerprint density at radius 2 is 0.553 bits per heavy atom. The van der Waals surface area contributed by atoms with Crippen LogP contribution in [0.3, 0.4) is 0 Å². The molecule has 16 aromatic rings. The summed E-state index contributed by atoms with van der Waals surface area (Å²) in [5, 5.41) is 4.37. The fraction of sp³-hybridized carbons (Fsp3) is 0.111. The van der Waals surface area contributed by atoms with Crippen LogP contribution >= 0.6 is 0 Å². The topological polar surface area (TPSA) is 43.5 Å². The maximum absolute atomic E-state index is 16.3. The summed E-state index contributed by atoms with van der Waals surface area (Å²) in [7, 11) is 0. The van der Waals surface area contributed by atoms with Crippen LogP contribution in [0.4, 0.5) is 0 Å². The van der Waals surface area contributed by atoms with Crippen molar-refractivity contribution in [2.24, 2.45) is 0 Å². The lowest BCUT2D eigenvalue weighted by atomic mass is 9.68. The smallest absolute Gasteiger partial charge is 0.197 e. The van der Waals surface area contributed by atoms with Crippen LogP contribution in [0, 0.1) is 0 Å². The van der Waals surface area contributed by atoms with Crippen molar-refractivity contribution in [1.29, 1.82) is 0 Å². The Kier molecular flexibility index (Phi) is 10.4.